The minimum atomic E-state index is -0.504. The van der Waals surface area contributed by atoms with Crippen molar-refractivity contribution in [2.24, 2.45) is 5.73 Å². The second kappa shape index (κ2) is 7.93. The Morgan fingerprint density at radius 1 is 1.33 bits per heavy atom. The Morgan fingerprint density at radius 2 is 2.00 bits per heavy atom. The highest BCUT2D eigenvalue weighted by Crippen LogP contribution is 2.34. The first-order valence-electron chi connectivity index (χ1n) is 7.87. The van der Waals surface area contributed by atoms with Crippen LogP contribution in [-0.4, -0.2) is 44.0 Å². The van der Waals surface area contributed by atoms with Crippen LogP contribution in [0.4, 0.5) is 0 Å². The lowest BCUT2D eigenvalue weighted by Crippen LogP contribution is -2.33. The standard InChI is InChI=1S/C19H23N2O3/c1-13-4-6-14(7-5-13)17-12-15(8-9-16(17)18(20)22)19(23)21(2)10-11-24-3/h4-8,17H,10-12H2,1-3H3,(H2,20,22). The Balaban J connectivity index is 2.26. The van der Waals surface area contributed by atoms with Gasteiger partial charge in [0.1, 0.15) is 0 Å². The number of allylic oxidation sites excluding steroid dienone is 2. The maximum absolute atomic E-state index is 12.5. The molecule has 0 saturated carbocycles. The van der Waals surface area contributed by atoms with Crippen molar-refractivity contribution < 1.29 is 14.3 Å². The van der Waals surface area contributed by atoms with Gasteiger partial charge in [-0.05, 0) is 31.1 Å². The highest BCUT2D eigenvalue weighted by atomic mass is 16.5. The molecule has 1 atom stereocenters. The smallest absolute Gasteiger partial charge is 0.249 e. The van der Waals surface area contributed by atoms with Gasteiger partial charge in [0.25, 0.3) is 0 Å². The molecule has 0 aromatic heterocycles. The Hall–Kier alpha value is -2.40. The summed E-state index contributed by atoms with van der Waals surface area (Å²) in [5.41, 5.74) is 8.61. The first-order chi connectivity index (χ1) is 11.4. The number of benzene rings is 1. The van der Waals surface area contributed by atoms with Gasteiger partial charge in [-0.2, -0.15) is 0 Å². The molecule has 0 saturated heterocycles. The average Bonchev–Trinajstić information content (AvgIpc) is 2.59. The summed E-state index contributed by atoms with van der Waals surface area (Å²) in [4.78, 5) is 25.9. The van der Waals surface area contributed by atoms with Gasteiger partial charge in [-0.15, -0.1) is 0 Å². The number of nitrogens with two attached hydrogens (primary N) is 1. The summed E-state index contributed by atoms with van der Waals surface area (Å²) in [6.07, 6.45) is 4.94. The lowest BCUT2D eigenvalue weighted by Gasteiger charge is -2.26. The molecule has 1 aromatic carbocycles. The number of carbonyl (C=O) groups excluding carboxylic acids is 2. The van der Waals surface area contributed by atoms with E-state index in [2.05, 4.69) is 6.08 Å². The van der Waals surface area contributed by atoms with E-state index < -0.39 is 5.91 Å². The van der Waals surface area contributed by atoms with Gasteiger partial charge in [0, 0.05) is 37.8 Å². The number of likely N-dealkylation sites (N-methyl/N-ethyl adjacent to an activating group) is 1. The van der Waals surface area contributed by atoms with Gasteiger partial charge in [-0.25, -0.2) is 0 Å². The molecule has 0 fully saturated rings. The monoisotopic (exact) mass is 327 g/mol. The van der Waals surface area contributed by atoms with Crippen LogP contribution in [0.5, 0.6) is 0 Å². The molecule has 24 heavy (non-hydrogen) atoms. The van der Waals surface area contributed by atoms with Crippen molar-refractivity contribution in [2.75, 3.05) is 27.3 Å². The van der Waals surface area contributed by atoms with Crippen LogP contribution in [0, 0.1) is 13.0 Å². The van der Waals surface area contributed by atoms with Crippen LogP contribution in [-0.2, 0) is 14.3 Å². The van der Waals surface area contributed by atoms with Gasteiger partial charge >= 0.3 is 0 Å². The van der Waals surface area contributed by atoms with Crippen molar-refractivity contribution in [1.82, 2.24) is 4.90 Å². The van der Waals surface area contributed by atoms with Crippen LogP contribution in [0.25, 0.3) is 0 Å². The third kappa shape index (κ3) is 4.11. The molecule has 0 bridgehead atoms. The van der Waals surface area contributed by atoms with Crippen molar-refractivity contribution in [2.45, 2.75) is 19.3 Å². The van der Waals surface area contributed by atoms with E-state index in [1.54, 1.807) is 25.1 Å². The zero-order valence-electron chi connectivity index (χ0n) is 14.3. The minimum Gasteiger partial charge on any atom is -0.383 e. The first-order valence-corrected chi connectivity index (χ1v) is 7.87. The number of aryl methyl sites for hydroxylation is 1. The van der Waals surface area contributed by atoms with Crippen molar-refractivity contribution >= 4 is 11.8 Å². The van der Waals surface area contributed by atoms with E-state index in [-0.39, 0.29) is 11.8 Å². The fourth-order valence-corrected chi connectivity index (χ4v) is 2.70. The molecule has 0 spiro atoms. The Morgan fingerprint density at radius 3 is 2.58 bits per heavy atom. The summed E-state index contributed by atoms with van der Waals surface area (Å²) >= 11 is 0. The quantitative estimate of drug-likeness (QED) is 0.865. The summed E-state index contributed by atoms with van der Waals surface area (Å²) in [6.45, 7) is 2.98. The van der Waals surface area contributed by atoms with E-state index in [0.29, 0.717) is 30.7 Å². The van der Waals surface area contributed by atoms with E-state index in [1.807, 2.05) is 31.2 Å². The fourth-order valence-electron chi connectivity index (χ4n) is 2.70. The number of amides is 2. The van der Waals surface area contributed by atoms with E-state index in [0.717, 1.165) is 11.1 Å². The zero-order chi connectivity index (χ0) is 17.7. The van der Waals surface area contributed by atoms with Crippen molar-refractivity contribution in [3.63, 3.8) is 0 Å². The molecule has 0 heterocycles. The third-order valence-corrected chi connectivity index (χ3v) is 4.17. The predicted molar refractivity (Wildman–Crippen MR) is 92.1 cm³/mol. The van der Waals surface area contributed by atoms with Crippen molar-refractivity contribution in [3.05, 3.63) is 58.7 Å². The molecule has 1 unspecified atom stereocenters. The van der Waals surface area contributed by atoms with E-state index in [4.69, 9.17) is 10.5 Å². The van der Waals surface area contributed by atoms with Gasteiger partial charge in [0.2, 0.25) is 11.8 Å². The zero-order valence-corrected chi connectivity index (χ0v) is 14.3. The van der Waals surface area contributed by atoms with Gasteiger partial charge in [-0.1, -0.05) is 29.8 Å². The number of nitrogens with zero attached hydrogens (tertiary/aromatic N) is 1. The number of methoxy groups -OCH3 is 1. The summed E-state index contributed by atoms with van der Waals surface area (Å²) in [7, 11) is 3.33. The van der Waals surface area contributed by atoms with Gasteiger partial charge in [0.05, 0.1) is 6.61 Å². The molecule has 5 nitrogen and oxygen atoms in total. The SMILES string of the molecule is COCCN(C)C(=O)C1=C[C]=C(C(N)=O)C(c2ccc(C)cc2)C1. The van der Waals surface area contributed by atoms with E-state index in [9.17, 15) is 9.59 Å². The number of rotatable bonds is 6. The molecule has 1 radical (unpaired) electrons. The minimum absolute atomic E-state index is 0.0832. The molecule has 5 heteroatoms. The van der Waals surface area contributed by atoms with Crippen LogP contribution in [0.3, 0.4) is 0 Å². The highest BCUT2D eigenvalue weighted by Gasteiger charge is 2.28. The molecule has 2 rings (SSSR count). The lowest BCUT2D eigenvalue weighted by atomic mass is 9.81. The fraction of sp³-hybridized carbons (Fsp3) is 0.368. The number of ether oxygens (including phenoxy) is 1. The summed E-state index contributed by atoms with van der Waals surface area (Å²) < 4.78 is 5.01. The Labute approximate surface area is 142 Å². The number of hydrogen-bond acceptors (Lipinski definition) is 3. The number of primary amides is 1. The third-order valence-electron chi connectivity index (χ3n) is 4.17. The normalized spacial score (nSPS) is 17.0. The second-order valence-electron chi connectivity index (χ2n) is 5.98. The molecule has 1 aliphatic rings. The Kier molecular flexibility index (Phi) is 5.93. The molecule has 0 aliphatic heterocycles. The van der Waals surface area contributed by atoms with E-state index in [1.165, 1.54) is 0 Å². The van der Waals surface area contributed by atoms with Crippen LogP contribution in [0.15, 0.2) is 41.5 Å². The summed E-state index contributed by atoms with van der Waals surface area (Å²) in [6, 6.07) is 7.90. The van der Waals surface area contributed by atoms with Gasteiger partial charge < -0.3 is 15.4 Å². The van der Waals surface area contributed by atoms with Crippen LogP contribution in [0.2, 0.25) is 0 Å². The van der Waals surface area contributed by atoms with Gasteiger partial charge in [0.15, 0.2) is 0 Å². The maximum atomic E-state index is 12.5. The highest BCUT2D eigenvalue weighted by molar-refractivity contribution is 5.98. The predicted octanol–water partition coefficient (Wildman–Crippen LogP) is 1.73. The van der Waals surface area contributed by atoms with Crippen LogP contribution in [0.1, 0.15) is 23.5 Å². The van der Waals surface area contributed by atoms with Crippen LogP contribution < -0.4 is 5.73 Å². The van der Waals surface area contributed by atoms with Gasteiger partial charge in [-0.3, -0.25) is 9.59 Å². The lowest BCUT2D eigenvalue weighted by molar-refractivity contribution is -0.126. The molecule has 2 N–H and O–H groups in total. The number of carbonyl (C=O) groups is 2. The molecular formula is C19H23N2O3. The first kappa shape index (κ1) is 17.9. The summed E-state index contributed by atoms with van der Waals surface area (Å²) in [5, 5.41) is 0. The largest absolute Gasteiger partial charge is 0.383 e. The molecule has 1 aromatic rings. The maximum Gasteiger partial charge on any atom is 0.249 e. The van der Waals surface area contributed by atoms with Crippen LogP contribution >= 0.6 is 0 Å². The molecule has 1 aliphatic carbocycles. The molecular weight excluding hydrogens is 304 g/mol. The van der Waals surface area contributed by atoms with Crippen molar-refractivity contribution in [1.29, 1.82) is 0 Å². The molecule has 127 valence electrons. The summed E-state index contributed by atoms with van der Waals surface area (Å²) in [5.74, 6) is -0.834. The molecule has 2 amide bonds. The topological polar surface area (TPSA) is 72.6 Å². The Bertz CT molecular complexity index is 674. The van der Waals surface area contributed by atoms with Crippen molar-refractivity contribution in [3.8, 4) is 0 Å². The van der Waals surface area contributed by atoms with E-state index >= 15 is 0 Å². The number of hydrogen-bond donors (Lipinski definition) is 1. The average molecular weight is 327 g/mol. The second-order valence-corrected chi connectivity index (χ2v) is 5.98.